The van der Waals surface area contributed by atoms with Crippen molar-refractivity contribution in [3.63, 3.8) is 0 Å². The van der Waals surface area contributed by atoms with Gasteiger partial charge in [0.1, 0.15) is 7.85 Å². The van der Waals surface area contributed by atoms with Gasteiger partial charge in [-0.15, -0.1) is 0 Å². The molecular weight excluding hydrogens is 651 g/mol. The number of aromatic nitrogens is 2. The lowest BCUT2D eigenvalue weighted by molar-refractivity contribution is 1.11. The van der Waals surface area contributed by atoms with Crippen LogP contribution in [0.5, 0.6) is 0 Å². The lowest BCUT2D eigenvalue weighted by atomic mass is 9.84. The molecule has 10 rings (SSSR count). The zero-order valence-corrected chi connectivity index (χ0v) is 29.8. The third-order valence-electron chi connectivity index (χ3n) is 10.7. The van der Waals surface area contributed by atoms with Crippen molar-refractivity contribution in [3.05, 3.63) is 192 Å². The van der Waals surface area contributed by atoms with Crippen molar-refractivity contribution in [2.24, 2.45) is 0 Å². The van der Waals surface area contributed by atoms with E-state index in [2.05, 4.69) is 184 Å². The first kappa shape index (κ1) is 31.7. The fourth-order valence-corrected chi connectivity index (χ4v) is 8.27. The van der Waals surface area contributed by atoms with Crippen LogP contribution >= 0.6 is 0 Å². The van der Waals surface area contributed by atoms with Crippen LogP contribution in [-0.2, 0) is 0 Å². The number of rotatable bonds is 6. The summed E-state index contributed by atoms with van der Waals surface area (Å²) in [7, 11) is 6.52. The van der Waals surface area contributed by atoms with Crippen LogP contribution < -0.4 is 5.46 Å². The van der Waals surface area contributed by atoms with Crippen LogP contribution in [0.15, 0.2) is 175 Å². The van der Waals surface area contributed by atoms with E-state index in [9.17, 15) is 0 Å². The number of hydrogen-bond donors (Lipinski definition) is 0. The monoisotopic (exact) mass is 684 g/mol. The van der Waals surface area contributed by atoms with Gasteiger partial charge in [0.15, 0.2) is 0 Å². The van der Waals surface area contributed by atoms with Crippen LogP contribution in [0.1, 0.15) is 23.7 Å². The topological polar surface area (TPSA) is 9.86 Å². The van der Waals surface area contributed by atoms with Crippen LogP contribution in [0.3, 0.4) is 0 Å². The predicted molar refractivity (Wildman–Crippen MR) is 231 cm³/mol. The van der Waals surface area contributed by atoms with Gasteiger partial charge in [-0.2, -0.15) is 0 Å². The number of fused-ring (bicyclic) bond motifs is 7. The molecule has 3 heteroatoms. The van der Waals surface area contributed by atoms with E-state index in [1.165, 1.54) is 38.3 Å². The Labute approximate surface area is 315 Å². The second kappa shape index (κ2) is 12.9. The molecule has 2 nitrogen and oxygen atoms in total. The lowest BCUT2D eigenvalue weighted by Gasteiger charge is -2.18. The molecule has 0 unspecified atom stereocenters. The first-order valence-corrected chi connectivity index (χ1v) is 18.3. The van der Waals surface area contributed by atoms with Crippen molar-refractivity contribution >= 4 is 75.0 Å². The molecule has 0 N–H and O–H groups in total. The van der Waals surface area contributed by atoms with Crippen LogP contribution in [0.25, 0.3) is 95.3 Å². The van der Waals surface area contributed by atoms with E-state index < -0.39 is 0 Å². The molecule has 1 aliphatic rings. The first-order valence-electron chi connectivity index (χ1n) is 18.3. The Bertz CT molecular complexity index is 3060. The number of para-hydroxylation sites is 3. The van der Waals surface area contributed by atoms with Crippen molar-refractivity contribution in [2.45, 2.75) is 6.92 Å². The van der Waals surface area contributed by atoms with Gasteiger partial charge < -0.3 is 9.13 Å². The Morgan fingerprint density at radius 3 is 1.80 bits per heavy atom. The fourth-order valence-electron chi connectivity index (χ4n) is 8.27. The van der Waals surface area contributed by atoms with Crippen molar-refractivity contribution in [3.8, 4) is 33.6 Å². The van der Waals surface area contributed by atoms with Crippen molar-refractivity contribution in [1.29, 1.82) is 0 Å². The van der Waals surface area contributed by atoms with E-state index in [4.69, 9.17) is 7.85 Å². The smallest absolute Gasteiger partial charge is 0.113 e. The number of hydrogen-bond acceptors (Lipinski definition) is 0. The molecule has 0 amide bonds. The maximum Gasteiger partial charge on any atom is 0.113 e. The van der Waals surface area contributed by atoms with Gasteiger partial charge in [-0.3, -0.25) is 0 Å². The summed E-state index contributed by atoms with van der Waals surface area (Å²) in [6.45, 7) is 2.04. The average molecular weight is 685 g/mol. The van der Waals surface area contributed by atoms with Crippen LogP contribution in [0, 0.1) is 0 Å². The highest BCUT2D eigenvalue weighted by Gasteiger charge is 2.18. The van der Waals surface area contributed by atoms with E-state index in [-0.39, 0.29) is 0 Å². The lowest BCUT2D eigenvalue weighted by Crippen LogP contribution is -2.02. The normalized spacial score (nSPS) is 12.4. The first-order chi connectivity index (χ1) is 26.7. The largest absolute Gasteiger partial charge is 0.309 e. The molecule has 0 fully saturated rings. The Kier molecular flexibility index (Phi) is 7.56. The average Bonchev–Trinajstić information content (AvgIpc) is 3.74. The Morgan fingerprint density at radius 1 is 0.519 bits per heavy atom. The van der Waals surface area contributed by atoms with Crippen molar-refractivity contribution in [1.82, 2.24) is 9.13 Å². The minimum absolute atomic E-state index is 0.739. The Morgan fingerprint density at radius 2 is 1.11 bits per heavy atom. The summed E-state index contributed by atoms with van der Waals surface area (Å²) < 4.78 is 4.68. The van der Waals surface area contributed by atoms with E-state index >= 15 is 0 Å². The van der Waals surface area contributed by atoms with Crippen LogP contribution in [0.4, 0.5) is 0 Å². The Hall–Kier alpha value is -7.02. The molecule has 1 aliphatic carbocycles. The maximum atomic E-state index is 6.52. The number of allylic oxidation sites excluding steroid dienone is 3. The van der Waals surface area contributed by atoms with E-state index in [0.717, 1.165) is 61.1 Å². The molecule has 0 saturated carbocycles. The van der Waals surface area contributed by atoms with Gasteiger partial charge in [0, 0.05) is 39.2 Å². The maximum absolute atomic E-state index is 6.52. The van der Waals surface area contributed by atoms with Crippen LogP contribution in [0.2, 0.25) is 0 Å². The summed E-state index contributed by atoms with van der Waals surface area (Å²) >= 11 is 0. The molecule has 2 aromatic heterocycles. The minimum atomic E-state index is 0.739. The third kappa shape index (κ3) is 5.07. The Balaban J connectivity index is 1.12. The SMILES string of the molecule is [B]c1ccc2c(-c3ccc(-n4c5ccccc5c5ccccc54)cc3)c(/C=C\C=C/C)cc(-c3ccc(-n4c5c(c6ccccc64)C=C=C=C5)cc3)c2c1. The summed E-state index contributed by atoms with van der Waals surface area (Å²) in [5.41, 5.74) is 20.9. The standard InChI is InChI=1S/C51H33BN2/c1-2-3-4-13-36-32-45(34-22-27-38(28-23-34)53-47-18-9-5-14-40(47)41-15-6-10-19-48(41)53)46-33-37(52)26-31-44(46)51(36)35-24-29-39(30-25-35)54-49-20-11-7-16-42(49)43-17-8-12-21-50(43)54/h2-5,7-9,11-33H,1H3/b3-2-,13-4-. The molecule has 0 aliphatic heterocycles. The summed E-state index contributed by atoms with van der Waals surface area (Å²) in [4.78, 5) is 0. The number of benzene rings is 7. The third-order valence-corrected chi connectivity index (χ3v) is 10.7. The number of nitrogens with zero attached hydrogens (tertiary/aromatic N) is 2. The van der Waals surface area contributed by atoms with Gasteiger partial charge in [-0.25, -0.2) is 0 Å². The summed E-state index contributed by atoms with van der Waals surface area (Å²) in [6, 6.07) is 52.3. The van der Waals surface area contributed by atoms with Gasteiger partial charge in [0.2, 0.25) is 0 Å². The second-order valence-corrected chi connectivity index (χ2v) is 13.8. The predicted octanol–water partition coefficient (Wildman–Crippen LogP) is 12.4. The van der Waals surface area contributed by atoms with Gasteiger partial charge in [0.25, 0.3) is 0 Å². The molecule has 54 heavy (non-hydrogen) atoms. The van der Waals surface area contributed by atoms with E-state index in [0.29, 0.717) is 0 Å². The highest BCUT2D eigenvalue weighted by molar-refractivity contribution is 6.33. The summed E-state index contributed by atoms with van der Waals surface area (Å²) in [6.07, 6.45) is 12.5. The molecule has 2 radical (unpaired) electrons. The molecule has 9 aromatic rings. The highest BCUT2D eigenvalue weighted by atomic mass is 15.0. The molecular formula is C51H33BN2. The zero-order chi connectivity index (χ0) is 36.2. The zero-order valence-electron chi connectivity index (χ0n) is 29.8. The summed E-state index contributed by atoms with van der Waals surface area (Å²) in [5.74, 6) is 0. The van der Waals surface area contributed by atoms with Gasteiger partial charge in [-0.05, 0) is 100 Å². The fraction of sp³-hybridized carbons (Fsp3) is 0.0196. The molecule has 0 bridgehead atoms. The molecule has 0 spiro atoms. The van der Waals surface area contributed by atoms with Gasteiger partial charge in [-0.1, -0.05) is 138 Å². The van der Waals surface area contributed by atoms with Gasteiger partial charge >= 0.3 is 0 Å². The molecule has 250 valence electrons. The van der Waals surface area contributed by atoms with Crippen LogP contribution in [-0.4, -0.2) is 17.0 Å². The quantitative estimate of drug-likeness (QED) is 0.0937. The van der Waals surface area contributed by atoms with E-state index in [1.54, 1.807) is 0 Å². The molecule has 2 heterocycles. The van der Waals surface area contributed by atoms with E-state index in [1.807, 2.05) is 25.1 Å². The molecule has 7 aromatic carbocycles. The van der Waals surface area contributed by atoms with Crippen molar-refractivity contribution in [2.75, 3.05) is 0 Å². The van der Waals surface area contributed by atoms with Crippen molar-refractivity contribution < 1.29 is 0 Å². The second-order valence-electron chi connectivity index (χ2n) is 13.8. The highest BCUT2D eigenvalue weighted by Crippen LogP contribution is 2.41. The van der Waals surface area contributed by atoms with Gasteiger partial charge in [0.05, 0.1) is 22.2 Å². The molecule has 0 atom stereocenters. The molecule has 0 saturated heterocycles. The minimum Gasteiger partial charge on any atom is -0.309 e. The summed E-state index contributed by atoms with van der Waals surface area (Å²) in [5, 5.41) is 6.00.